The van der Waals surface area contributed by atoms with Crippen LogP contribution in [0.25, 0.3) is 27.8 Å². The minimum atomic E-state index is -0.892. The summed E-state index contributed by atoms with van der Waals surface area (Å²) in [5, 5.41) is 13.5. The Kier molecular flexibility index (Phi) is 7.68. The predicted molar refractivity (Wildman–Crippen MR) is 143 cm³/mol. The summed E-state index contributed by atoms with van der Waals surface area (Å²) < 4.78 is 39.5. The van der Waals surface area contributed by atoms with Gasteiger partial charge in [0.2, 0.25) is 0 Å². The summed E-state index contributed by atoms with van der Waals surface area (Å²) in [5.74, 6) is -0.305. The number of aryl methyl sites for hydroxylation is 1. The van der Waals surface area contributed by atoms with Gasteiger partial charge >= 0.3 is 5.97 Å². The molecule has 1 N–H and O–H groups in total. The summed E-state index contributed by atoms with van der Waals surface area (Å²) >= 11 is 0. The van der Waals surface area contributed by atoms with Crippen LogP contribution in [-0.2, 0) is 11.2 Å². The van der Waals surface area contributed by atoms with Crippen LogP contribution in [0.3, 0.4) is 0 Å². The molecule has 5 rings (SSSR count). The molecule has 3 aromatic carbocycles. The summed E-state index contributed by atoms with van der Waals surface area (Å²) in [4.78, 5) is 29.3. The molecule has 0 spiro atoms. The van der Waals surface area contributed by atoms with Crippen molar-refractivity contribution in [2.24, 2.45) is 0 Å². The number of benzene rings is 3. The van der Waals surface area contributed by atoms with Crippen molar-refractivity contribution in [3.05, 3.63) is 106 Å². The molecule has 0 aliphatic heterocycles. The number of fused-ring (bicyclic) bond motifs is 1. The van der Waals surface area contributed by atoms with E-state index < -0.39 is 17.9 Å². The summed E-state index contributed by atoms with van der Waals surface area (Å²) in [6.45, 7) is 1.78. The Balaban J connectivity index is 1.47. The average Bonchev–Trinajstić information content (AvgIpc) is 3.44. The molecule has 10 heteroatoms. The number of nitrogens with zero attached hydrogens (tertiary/aromatic N) is 3. The van der Waals surface area contributed by atoms with Crippen LogP contribution in [0.4, 0.5) is 8.78 Å². The largest absolute Gasteiger partial charge is 0.483 e. The van der Waals surface area contributed by atoms with Gasteiger partial charge in [-0.2, -0.15) is 0 Å². The lowest BCUT2D eigenvalue weighted by atomic mass is 10.1. The van der Waals surface area contributed by atoms with Gasteiger partial charge in [-0.1, -0.05) is 11.2 Å². The maximum absolute atomic E-state index is 13.6. The summed E-state index contributed by atoms with van der Waals surface area (Å²) in [5.41, 5.74) is 1.76. The second-order valence-corrected chi connectivity index (χ2v) is 9.31. The molecule has 204 valence electrons. The van der Waals surface area contributed by atoms with Crippen LogP contribution in [0, 0.1) is 11.6 Å². The van der Waals surface area contributed by atoms with Crippen LogP contribution >= 0.6 is 0 Å². The molecule has 1 atom stereocenters. The molecular formula is C30H25F2N3O5. The number of carbonyl (C=O) groups is 1. The fourth-order valence-corrected chi connectivity index (χ4v) is 4.37. The zero-order chi connectivity index (χ0) is 28.2. The van der Waals surface area contributed by atoms with Gasteiger partial charge in [0, 0.05) is 24.5 Å². The van der Waals surface area contributed by atoms with E-state index in [1.807, 2.05) is 0 Å². The normalized spacial score (nSPS) is 12.0. The van der Waals surface area contributed by atoms with Crippen molar-refractivity contribution < 1.29 is 27.9 Å². The van der Waals surface area contributed by atoms with Gasteiger partial charge in [-0.3, -0.25) is 14.2 Å². The number of carboxylic acid groups (broad SMARTS) is 1. The number of halogens is 2. The van der Waals surface area contributed by atoms with Gasteiger partial charge in [0.25, 0.3) is 5.56 Å². The lowest BCUT2D eigenvalue weighted by Crippen LogP contribution is -2.24. The van der Waals surface area contributed by atoms with Gasteiger partial charge in [-0.05, 0) is 80.4 Å². The molecule has 2 heterocycles. The standard InChI is InChI=1S/C30H25F2N3O5/c1-18(39-23-13-9-21(32)10-14-23)27-17-25(34-40-27)19-6-15-24-26(16-19)33-28(4-2-3-5-29(36)37)35(30(24)38)22-11-7-20(31)8-12-22/h6-18H,2-5H2,1H3,(H,36,37)/t18-/m0/s1. The first-order chi connectivity index (χ1) is 19.3. The topological polar surface area (TPSA) is 107 Å². The number of hydrogen-bond donors (Lipinski definition) is 1. The molecule has 40 heavy (non-hydrogen) atoms. The van der Waals surface area contributed by atoms with Crippen molar-refractivity contribution in [2.75, 3.05) is 0 Å². The van der Waals surface area contributed by atoms with Crippen molar-refractivity contribution in [3.63, 3.8) is 0 Å². The number of rotatable bonds is 10. The predicted octanol–water partition coefficient (Wildman–Crippen LogP) is 6.26. The average molecular weight is 546 g/mol. The summed E-state index contributed by atoms with van der Waals surface area (Å²) in [7, 11) is 0. The van der Waals surface area contributed by atoms with E-state index in [9.17, 15) is 18.4 Å². The molecule has 5 aromatic rings. The first-order valence-corrected chi connectivity index (χ1v) is 12.7. The van der Waals surface area contributed by atoms with E-state index in [4.69, 9.17) is 19.4 Å². The summed E-state index contributed by atoms with van der Waals surface area (Å²) in [6, 6.07) is 18.1. The zero-order valence-corrected chi connectivity index (χ0v) is 21.5. The third kappa shape index (κ3) is 5.90. The van der Waals surface area contributed by atoms with Gasteiger partial charge in [0.05, 0.1) is 16.6 Å². The molecule has 0 aliphatic carbocycles. The van der Waals surface area contributed by atoms with Crippen LogP contribution in [0.5, 0.6) is 5.75 Å². The van der Waals surface area contributed by atoms with Crippen molar-refractivity contribution in [3.8, 4) is 22.7 Å². The Bertz CT molecular complexity index is 1710. The minimum absolute atomic E-state index is 0.0102. The highest BCUT2D eigenvalue weighted by atomic mass is 19.1. The van der Waals surface area contributed by atoms with Crippen molar-refractivity contribution in [2.45, 2.75) is 38.7 Å². The van der Waals surface area contributed by atoms with Gasteiger partial charge < -0.3 is 14.4 Å². The van der Waals surface area contributed by atoms with Crippen LogP contribution in [-0.4, -0.2) is 25.8 Å². The van der Waals surface area contributed by atoms with E-state index in [0.717, 1.165) is 0 Å². The Morgan fingerprint density at radius 3 is 2.40 bits per heavy atom. The smallest absolute Gasteiger partial charge is 0.303 e. The van der Waals surface area contributed by atoms with Crippen LogP contribution in [0.1, 0.15) is 43.9 Å². The van der Waals surface area contributed by atoms with E-state index >= 15 is 0 Å². The highest BCUT2D eigenvalue weighted by Gasteiger charge is 2.18. The monoisotopic (exact) mass is 545 g/mol. The molecule has 0 saturated carbocycles. The molecule has 0 saturated heterocycles. The molecule has 0 aliphatic rings. The Morgan fingerprint density at radius 1 is 1.00 bits per heavy atom. The van der Waals surface area contributed by atoms with Crippen molar-refractivity contribution >= 4 is 16.9 Å². The van der Waals surface area contributed by atoms with E-state index in [1.54, 1.807) is 31.2 Å². The first-order valence-electron chi connectivity index (χ1n) is 12.7. The number of unbranched alkanes of at least 4 members (excludes halogenated alkanes) is 1. The lowest BCUT2D eigenvalue weighted by Gasteiger charge is -2.14. The van der Waals surface area contributed by atoms with E-state index in [1.165, 1.54) is 53.1 Å². The molecule has 0 fully saturated rings. The van der Waals surface area contributed by atoms with Crippen LogP contribution in [0.15, 0.2) is 82.1 Å². The molecule has 0 unspecified atom stereocenters. The molecule has 0 amide bonds. The molecule has 0 bridgehead atoms. The molecule has 8 nitrogen and oxygen atoms in total. The van der Waals surface area contributed by atoms with Crippen molar-refractivity contribution in [1.82, 2.24) is 14.7 Å². The third-order valence-electron chi connectivity index (χ3n) is 6.42. The molecule has 2 aromatic heterocycles. The van der Waals surface area contributed by atoms with Crippen molar-refractivity contribution in [1.29, 1.82) is 0 Å². The minimum Gasteiger partial charge on any atom is -0.483 e. The number of aromatic nitrogens is 3. The zero-order valence-electron chi connectivity index (χ0n) is 21.5. The maximum Gasteiger partial charge on any atom is 0.303 e. The molecular weight excluding hydrogens is 520 g/mol. The lowest BCUT2D eigenvalue weighted by molar-refractivity contribution is -0.137. The summed E-state index contributed by atoms with van der Waals surface area (Å²) in [6.07, 6.45) is 0.796. The molecule has 0 radical (unpaired) electrons. The highest BCUT2D eigenvalue weighted by molar-refractivity contribution is 5.83. The van der Waals surface area contributed by atoms with Crippen LogP contribution < -0.4 is 10.3 Å². The number of ether oxygens (including phenoxy) is 1. The fourth-order valence-electron chi connectivity index (χ4n) is 4.37. The van der Waals surface area contributed by atoms with E-state index in [-0.39, 0.29) is 17.8 Å². The Hall–Kier alpha value is -4.86. The van der Waals surface area contributed by atoms with Gasteiger partial charge in [0.1, 0.15) is 28.9 Å². The van der Waals surface area contributed by atoms with Gasteiger partial charge in [-0.15, -0.1) is 0 Å². The quantitative estimate of drug-likeness (QED) is 0.207. The van der Waals surface area contributed by atoms with Crippen LogP contribution in [0.2, 0.25) is 0 Å². The Labute approximate surface area is 227 Å². The first kappa shape index (κ1) is 26.7. The number of carboxylic acids is 1. The SMILES string of the molecule is C[C@H](Oc1ccc(F)cc1)c1cc(-c2ccc3c(=O)n(-c4ccc(F)cc4)c(CCCCC(=O)O)nc3c2)no1. The highest BCUT2D eigenvalue weighted by Crippen LogP contribution is 2.28. The Morgan fingerprint density at radius 2 is 1.70 bits per heavy atom. The number of hydrogen-bond acceptors (Lipinski definition) is 6. The van der Waals surface area contributed by atoms with Gasteiger partial charge in [-0.25, -0.2) is 13.8 Å². The number of aliphatic carboxylic acids is 1. The van der Waals surface area contributed by atoms with Gasteiger partial charge in [0.15, 0.2) is 11.9 Å². The third-order valence-corrected chi connectivity index (χ3v) is 6.42. The fraction of sp³-hybridized carbons (Fsp3) is 0.200. The second kappa shape index (κ2) is 11.5. The van der Waals surface area contributed by atoms with E-state index in [0.29, 0.717) is 64.4 Å². The van der Waals surface area contributed by atoms with E-state index in [2.05, 4.69) is 5.16 Å². The maximum atomic E-state index is 13.6. The second-order valence-electron chi connectivity index (χ2n) is 9.31.